The fourth-order valence-electron chi connectivity index (χ4n) is 1.70. The number of nitrogen functional groups attached to an aromatic ring is 1. The second-order valence-corrected chi connectivity index (χ2v) is 5.26. The lowest BCUT2D eigenvalue weighted by Gasteiger charge is -2.25. The predicted octanol–water partition coefficient (Wildman–Crippen LogP) is 1.55. The van der Waals surface area contributed by atoms with E-state index < -0.39 is 22.3 Å². The van der Waals surface area contributed by atoms with E-state index in [2.05, 4.69) is 5.32 Å². The average Bonchev–Trinajstić information content (AvgIpc) is 2.36. The Morgan fingerprint density at radius 1 is 1.43 bits per heavy atom. The molecule has 0 saturated heterocycles. The van der Waals surface area contributed by atoms with Gasteiger partial charge in [-0.1, -0.05) is 0 Å². The maximum atomic E-state index is 12.1. The minimum atomic E-state index is -0.958. The van der Waals surface area contributed by atoms with Gasteiger partial charge in [0.05, 0.1) is 4.92 Å². The summed E-state index contributed by atoms with van der Waals surface area (Å²) in [7, 11) is 0. The molecule has 114 valence electrons. The number of carbonyl (C=O) groups is 2. The molecular formula is C13H17N3O5. The molecule has 1 aromatic carbocycles. The number of rotatable bonds is 6. The monoisotopic (exact) mass is 295 g/mol. The zero-order chi connectivity index (χ0) is 16.2. The van der Waals surface area contributed by atoms with Crippen LogP contribution in [0.25, 0.3) is 0 Å². The van der Waals surface area contributed by atoms with Crippen LogP contribution in [0, 0.1) is 10.1 Å². The van der Waals surface area contributed by atoms with Crippen molar-refractivity contribution in [3.05, 3.63) is 33.9 Å². The fourth-order valence-corrected chi connectivity index (χ4v) is 1.70. The van der Waals surface area contributed by atoms with E-state index in [4.69, 9.17) is 10.8 Å². The molecule has 0 aliphatic carbocycles. The number of amides is 1. The Bertz CT molecular complexity index is 583. The molecule has 0 fully saturated rings. The number of carbonyl (C=O) groups excluding carboxylic acids is 1. The Hall–Kier alpha value is -2.64. The quantitative estimate of drug-likeness (QED) is 0.414. The summed E-state index contributed by atoms with van der Waals surface area (Å²) in [5.41, 5.74) is 4.44. The summed E-state index contributed by atoms with van der Waals surface area (Å²) in [5, 5.41) is 22.1. The maximum absolute atomic E-state index is 12.1. The first-order valence-corrected chi connectivity index (χ1v) is 6.20. The highest BCUT2D eigenvalue weighted by Crippen LogP contribution is 2.23. The molecule has 0 aliphatic heterocycles. The normalized spacial score (nSPS) is 11.0. The summed E-state index contributed by atoms with van der Waals surface area (Å²) in [6.45, 7) is 3.36. The molecule has 0 aliphatic rings. The molecule has 0 atom stereocenters. The van der Waals surface area contributed by atoms with Crippen molar-refractivity contribution < 1.29 is 19.6 Å². The van der Waals surface area contributed by atoms with E-state index in [9.17, 15) is 19.7 Å². The van der Waals surface area contributed by atoms with Crippen LogP contribution in [0.5, 0.6) is 0 Å². The van der Waals surface area contributed by atoms with Gasteiger partial charge in [-0.3, -0.25) is 19.7 Å². The van der Waals surface area contributed by atoms with Crippen molar-refractivity contribution in [1.29, 1.82) is 0 Å². The summed E-state index contributed by atoms with van der Waals surface area (Å²) in [6, 6.07) is 3.76. The number of nitro benzene ring substituents is 1. The first kappa shape index (κ1) is 16.4. The van der Waals surface area contributed by atoms with Crippen LogP contribution < -0.4 is 11.1 Å². The molecule has 1 aromatic rings. The SMILES string of the molecule is CC(C)(CCC(=O)O)NC(=O)c1ccc(N)c([N+](=O)[O-])c1. The Kier molecular flexibility index (Phi) is 4.85. The van der Waals surface area contributed by atoms with Gasteiger partial charge in [0.25, 0.3) is 11.6 Å². The molecule has 1 amide bonds. The van der Waals surface area contributed by atoms with Gasteiger partial charge in [-0.25, -0.2) is 0 Å². The van der Waals surface area contributed by atoms with Crippen LogP contribution in [0.15, 0.2) is 18.2 Å². The topological polar surface area (TPSA) is 136 Å². The predicted molar refractivity (Wildman–Crippen MR) is 75.9 cm³/mol. The largest absolute Gasteiger partial charge is 0.481 e. The van der Waals surface area contributed by atoms with E-state index in [1.54, 1.807) is 13.8 Å². The minimum absolute atomic E-state index is 0.0262. The molecular weight excluding hydrogens is 278 g/mol. The molecule has 4 N–H and O–H groups in total. The van der Waals surface area contributed by atoms with Crippen molar-refractivity contribution in [2.45, 2.75) is 32.2 Å². The number of nitrogens with two attached hydrogens (primary N) is 1. The Balaban J connectivity index is 2.87. The summed E-state index contributed by atoms with van der Waals surface area (Å²) >= 11 is 0. The lowest BCUT2D eigenvalue weighted by Crippen LogP contribution is -2.43. The van der Waals surface area contributed by atoms with Crippen LogP contribution in [0.3, 0.4) is 0 Å². The van der Waals surface area contributed by atoms with E-state index in [0.717, 1.165) is 6.07 Å². The summed E-state index contributed by atoms with van der Waals surface area (Å²) in [6.07, 6.45) is 0.153. The third-order valence-corrected chi connectivity index (χ3v) is 2.91. The van der Waals surface area contributed by atoms with Gasteiger partial charge < -0.3 is 16.2 Å². The van der Waals surface area contributed by atoms with Gasteiger partial charge in [-0.2, -0.15) is 0 Å². The molecule has 1 rings (SSSR count). The van der Waals surface area contributed by atoms with Crippen molar-refractivity contribution in [1.82, 2.24) is 5.32 Å². The molecule has 0 heterocycles. The van der Waals surface area contributed by atoms with Crippen molar-refractivity contribution >= 4 is 23.3 Å². The lowest BCUT2D eigenvalue weighted by atomic mass is 9.97. The molecule has 21 heavy (non-hydrogen) atoms. The average molecular weight is 295 g/mol. The van der Waals surface area contributed by atoms with Crippen molar-refractivity contribution in [3.63, 3.8) is 0 Å². The van der Waals surface area contributed by atoms with Gasteiger partial charge in [-0.15, -0.1) is 0 Å². The zero-order valence-corrected chi connectivity index (χ0v) is 11.8. The van der Waals surface area contributed by atoms with Crippen LogP contribution in [-0.4, -0.2) is 27.4 Å². The summed E-state index contributed by atoms with van der Waals surface area (Å²) in [4.78, 5) is 32.7. The van der Waals surface area contributed by atoms with E-state index >= 15 is 0 Å². The molecule has 0 bridgehead atoms. The number of hydrogen-bond donors (Lipinski definition) is 3. The Morgan fingerprint density at radius 3 is 2.57 bits per heavy atom. The van der Waals surface area contributed by atoms with Crippen molar-refractivity contribution in [2.24, 2.45) is 0 Å². The molecule has 0 spiro atoms. The number of anilines is 1. The van der Waals surface area contributed by atoms with E-state index in [1.807, 2.05) is 0 Å². The van der Waals surface area contributed by atoms with Gasteiger partial charge in [-0.05, 0) is 32.4 Å². The molecule has 0 radical (unpaired) electrons. The molecule has 0 aromatic heterocycles. The van der Waals surface area contributed by atoms with Crippen LogP contribution in [0.2, 0.25) is 0 Å². The standard InChI is InChI=1S/C13H17N3O5/c1-13(2,6-5-11(17)18)15-12(19)8-3-4-9(14)10(7-8)16(20)21/h3-4,7H,5-6,14H2,1-2H3,(H,15,19)(H,17,18). The highest BCUT2D eigenvalue weighted by molar-refractivity contribution is 5.96. The number of nitro groups is 1. The van der Waals surface area contributed by atoms with Crippen LogP contribution in [0.4, 0.5) is 11.4 Å². The number of benzene rings is 1. The molecule has 0 unspecified atom stereocenters. The lowest BCUT2D eigenvalue weighted by molar-refractivity contribution is -0.383. The smallest absolute Gasteiger partial charge is 0.303 e. The third-order valence-electron chi connectivity index (χ3n) is 2.91. The fraction of sp³-hybridized carbons (Fsp3) is 0.385. The number of aliphatic carboxylic acids is 1. The number of hydrogen-bond acceptors (Lipinski definition) is 5. The Labute approximate surface area is 121 Å². The number of carboxylic acids is 1. The second-order valence-electron chi connectivity index (χ2n) is 5.26. The van der Waals surface area contributed by atoms with Gasteiger partial charge in [0.2, 0.25) is 0 Å². The second kappa shape index (κ2) is 6.21. The number of nitrogens with zero attached hydrogens (tertiary/aromatic N) is 1. The van der Waals surface area contributed by atoms with Crippen molar-refractivity contribution in [2.75, 3.05) is 5.73 Å². The van der Waals surface area contributed by atoms with Gasteiger partial charge in [0.15, 0.2) is 0 Å². The third kappa shape index (κ3) is 4.75. The number of nitrogens with one attached hydrogen (secondary N) is 1. The highest BCUT2D eigenvalue weighted by Gasteiger charge is 2.23. The number of carboxylic acid groups (broad SMARTS) is 1. The molecule has 8 nitrogen and oxygen atoms in total. The van der Waals surface area contributed by atoms with Gasteiger partial charge in [0, 0.05) is 23.6 Å². The molecule has 8 heteroatoms. The maximum Gasteiger partial charge on any atom is 0.303 e. The van der Waals surface area contributed by atoms with E-state index in [-0.39, 0.29) is 29.8 Å². The minimum Gasteiger partial charge on any atom is -0.481 e. The van der Waals surface area contributed by atoms with E-state index in [1.165, 1.54) is 12.1 Å². The van der Waals surface area contributed by atoms with Crippen LogP contribution in [-0.2, 0) is 4.79 Å². The Morgan fingerprint density at radius 2 is 2.05 bits per heavy atom. The molecule has 0 saturated carbocycles. The summed E-state index contributed by atoms with van der Waals surface area (Å²) in [5.74, 6) is -1.48. The first-order chi connectivity index (χ1) is 9.62. The van der Waals surface area contributed by atoms with Gasteiger partial charge in [0.1, 0.15) is 5.69 Å². The van der Waals surface area contributed by atoms with Crippen molar-refractivity contribution in [3.8, 4) is 0 Å². The first-order valence-electron chi connectivity index (χ1n) is 6.20. The zero-order valence-electron chi connectivity index (χ0n) is 11.8. The van der Waals surface area contributed by atoms with Gasteiger partial charge >= 0.3 is 5.97 Å². The van der Waals surface area contributed by atoms with Crippen LogP contribution in [0.1, 0.15) is 37.0 Å². The summed E-state index contributed by atoms with van der Waals surface area (Å²) < 4.78 is 0. The highest BCUT2D eigenvalue weighted by atomic mass is 16.6. The van der Waals surface area contributed by atoms with Crippen LogP contribution >= 0.6 is 0 Å². The van der Waals surface area contributed by atoms with E-state index in [0.29, 0.717) is 0 Å².